The molecule has 0 atom stereocenters. The van der Waals surface area contributed by atoms with Gasteiger partial charge in [-0.2, -0.15) is 0 Å². The van der Waals surface area contributed by atoms with E-state index in [1.807, 2.05) is 31.3 Å². The van der Waals surface area contributed by atoms with Gasteiger partial charge in [0.25, 0.3) is 5.91 Å². The Labute approximate surface area is 115 Å². The number of hydrogen-bond acceptors (Lipinski definition) is 2. The van der Waals surface area contributed by atoms with Gasteiger partial charge in [0.15, 0.2) is 0 Å². The topological polar surface area (TPSA) is 32.3 Å². The first-order valence-corrected chi connectivity index (χ1v) is 6.95. The zero-order valence-electron chi connectivity index (χ0n) is 11.6. The fourth-order valence-electron chi connectivity index (χ4n) is 2.40. The molecule has 0 fully saturated rings. The summed E-state index contributed by atoms with van der Waals surface area (Å²) in [5, 5.41) is 3.36. The zero-order valence-corrected chi connectivity index (χ0v) is 11.6. The van der Waals surface area contributed by atoms with Crippen LogP contribution in [0.3, 0.4) is 0 Å². The number of nitrogens with one attached hydrogen (secondary N) is 1. The summed E-state index contributed by atoms with van der Waals surface area (Å²) in [5.41, 5.74) is 3.23. The van der Waals surface area contributed by atoms with Gasteiger partial charge in [0.2, 0.25) is 0 Å². The number of benzene rings is 1. The Hall–Kier alpha value is -1.77. The van der Waals surface area contributed by atoms with Crippen molar-refractivity contribution in [2.75, 3.05) is 25.5 Å². The molecule has 0 radical (unpaired) electrons. The van der Waals surface area contributed by atoms with Gasteiger partial charge < -0.3 is 10.2 Å². The third-order valence-corrected chi connectivity index (χ3v) is 3.54. The third-order valence-electron chi connectivity index (χ3n) is 3.54. The average Bonchev–Trinajstić information content (AvgIpc) is 2.46. The predicted octanol–water partition coefficient (Wildman–Crippen LogP) is 3.08. The smallest absolute Gasteiger partial charge is 0.253 e. The van der Waals surface area contributed by atoms with Crippen LogP contribution in [0.15, 0.2) is 30.9 Å². The van der Waals surface area contributed by atoms with Gasteiger partial charge in [0.05, 0.1) is 0 Å². The first-order valence-electron chi connectivity index (χ1n) is 6.95. The highest BCUT2D eigenvalue weighted by Gasteiger charge is 2.15. The van der Waals surface area contributed by atoms with Crippen LogP contribution in [-0.4, -0.2) is 30.9 Å². The van der Waals surface area contributed by atoms with Crippen molar-refractivity contribution in [3.05, 3.63) is 42.0 Å². The number of nitrogens with zero attached hydrogens (tertiary/aromatic N) is 1. The van der Waals surface area contributed by atoms with Gasteiger partial charge in [-0.3, -0.25) is 4.79 Å². The van der Waals surface area contributed by atoms with Crippen LogP contribution in [0.1, 0.15) is 35.2 Å². The summed E-state index contributed by atoms with van der Waals surface area (Å²) in [6.45, 7) is 5.51. The van der Waals surface area contributed by atoms with Crippen LogP contribution in [0.2, 0.25) is 0 Å². The van der Waals surface area contributed by atoms with Crippen LogP contribution in [-0.2, 0) is 6.42 Å². The Bertz CT molecular complexity index is 468. The molecule has 1 heterocycles. The van der Waals surface area contributed by atoms with Crippen molar-refractivity contribution in [2.45, 2.75) is 25.7 Å². The SMILES string of the molecule is C=CCCCN(C)C(=O)c1ccc2c(c1)CCCN2. The Kier molecular flexibility index (Phi) is 4.61. The second kappa shape index (κ2) is 6.41. The third kappa shape index (κ3) is 3.37. The number of allylic oxidation sites excluding steroid dienone is 1. The lowest BCUT2D eigenvalue weighted by Crippen LogP contribution is -2.28. The Morgan fingerprint density at radius 3 is 3.16 bits per heavy atom. The van der Waals surface area contributed by atoms with Crippen LogP contribution in [0.25, 0.3) is 0 Å². The summed E-state index contributed by atoms with van der Waals surface area (Å²) in [7, 11) is 1.86. The molecule has 1 amide bonds. The molecule has 0 bridgehead atoms. The number of aryl methyl sites for hydroxylation is 1. The number of fused-ring (bicyclic) bond motifs is 1. The van der Waals surface area contributed by atoms with Gasteiger partial charge in [-0.05, 0) is 49.4 Å². The molecule has 0 saturated heterocycles. The average molecular weight is 258 g/mol. The minimum atomic E-state index is 0.109. The van der Waals surface area contributed by atoms with Gasteiger partial charge in [0.1, 0.15) is 0 Å². The van der Waals surface area contributed by atoms with E-state index in [9.17, 15) is 4.79 Å². The summed E-state index contributed by atoms with van der Waals surface area (Å²) in [6.07, 6.45) is 6.01. The Balaban J connectivity index is 2.04. The van der Waals surface area contributed by atoms with Crippen LogP contribution in [0.5, 0.6) is 0 Å². The molecule has 2 rings (SSSR count). The molecular weight excluding hydrogens is 236 g/mol. The molecule has 0 saturated carbocycles. The predicted molar refractivity (Wildman–Crippen MR) is 79.6 cm³/mol. The van der Waals surface area contributed by atoms with E-state index < -0.39 is 0 Å². The molecule has 19 heavy (non-hydrogen) atoms. The molecule has 3 heteroatoms. The standard InChI is InChI=1S/C16H22N2O/c1-3-4-5-11-18(2)16(19)14-8-9-15-13(12-14)7-6-10-17-15/h3,8-9,12,17H,1,4-7,10-11H2,2H3. The van der Waals surface area contributed by atoms with Crippen molar-refractivity contribution in [1.29, 1.82) is 0 Å². The van der Waals surface area contributed by atoms with Gasteiger partial charge >= 0.3 is 0 Å². The van der Waals surface area contributed by atoms with E-state index in [4.69, 9.17) is 0 Å². The van der Waals surface area contributed by atoms with E-state index in [0.29, 0.717) is 0 Å². The maximum absolute atomic E-state index is 12.3. The minimum Gasteiger partial charge on any atom is -0.385 e. The van der Waals surface area contributed by atoms with E-state index in [0.717, 1.165) is 44.3 Å². The second-order valence-corrected chi connectivity index (χ2v) is 5.06. The zero-order chi connectivity index (χ0) is 13.7. The second-order valence-electron chi connectivity index (χ2n) is 5.06. The number of rotatable bonds is 5. The van der Waals surface area contributed by atoms with Crippen molar-refractivity contribution in [2.24, 2.45) is 0 Å². The van der Waals surface area contributed by atoms with E-state index >= 15 is 0 Å². The molecule has 1 aromatic rings. The highest BCUT2D eigenvalue weighted by Crippen LogP contribution is 2.23. The van der Waals surface area contributed by atoms with Gasteiger partial charge in [0, 0.05) is 31.4 Å². The van der Waals surface area contributed by atoms with Crippen molar-refractivity contribution in [3.63, 3.8) is 0 Å². The molecule has 0 aliphatic carbocycles. The lowest BCUT2D eigenvalue weighted by atomic mass is 10.0. The molecule has 1 N–H and O–H groups in total. The van der Waals surface area contributed by atoms with E-state index in [-0.39, 0.29) is 5.91 Å². The summed E-state index contributed by atoms with van der Waals surface area (Å²) in [6, 6.07) is 5.98. The van der Waals surface area contributed by atoms with Crippen LogP contribution >= 0.6 is 0 Å². The Morgan fingerprint density at radius 2 is 2.37 bits per heavy atom. The normalized spacial score (nSPS) is 13.3. The molecule has 1 aliphatic rings. The fourth-order valence-corrected chi connectivity index (χ4v) is 2.40. The molecule has 3 nitrogen and oxygen atoms in total. The van der Waals surface area contributed by atoms with Crippen LogP contribution in [0, 0.1) is 0 Å². The number of anilines is 1. The van der Waals surface area contributed by atoms with Gasteiger partial charge in [-0.1, -0.05) is 6.08 Å². The first kappa shape index (κ1) is 13.7. The maximum Gasteiger partial charge on any atom is 0.253 e. The molecule has 1 aromatic carbocycles. The van der Waals surface area contributed by atoms with Crippen molar-refractivity contribution < 1.29 is 4.79 Å². The van der Waals surface area contributed by atoms with E-state index in [1.165, 1.54) is 11.3 Å². The highest BCUT2D eigenvalue weighted by molar-refractivity contribution is 5.94. The minimum absolute atomic E-state index is 0.109. The number of unbranched alkanes of at least 4 members (excludes halogenated alkanes) is 1. The quantitative estimate of drug-likeness (QED) is 0.650. The summed E-state index contributed by atoms with van der Waals surface area (Å²) in [4.78, 5) is 14.1. The van der Waals surface area contributed by atoms with Crippen molar-refractivity contribution in [1.82, 2.24) is 4.90 Å². The number of hydrogen-bond donors (Lipinski definition) is 1. The van der Waals surface area contributed by atoms with E-state index in [2.05, 4.69) is 11.9 Å². The first-order chi connectivity index (χ1) is 9.22. The van der Waals surface area contributed by atoms with Crippen molar-refractivity contribution in [3.8, 4) is 0 Å². The largest absolute Gasteiger partial charge is 0.385 e. The maximum atomic E-state index is 12.3. The van der Waals surface area contributed by atoms with E-state index in [1.54, 1.807) is 4.90 Å². The van der Waals surface area contributed by atoms with Crippen molar-refractivity contribution >= 4 is 11.6 Å². The lowest BCUT2D eigenvalue weighted by molar-refractivity contribution is 0.0794. The summed E-state index contributed by atoms with van der Waals surface area (Å²) >= 11 is 0. The summed E-state index contributed by atoms with van der Waals surface area (Å²) < 4.78 is 0. The van der Waals surface area contributed by atoms with Crippen LogP contribution < -0.4 is 5.32 Å². The molecule has 1 aliphatic heterocycles. The van der Waals surface area contributed by atoms with Gasteiger partial charge in [-0.15, -0.1) is 6.58 Å². The monoisotopic (exact) mass is 258 g/mol. The number of amides is 1. The van der Waals surface area contributed by atoms with Gasteiger partial charge in [-0.25, -0.2) is 0 Å². The molecule has 0 aromatic heterocycles. The number of carbonyl (C=O) groups is 1. The number of carbonyl (C=O) groups excluding carboxylic acids is 1. The highest BCUT2D eigenvalue weighted by atomic mass is 16.2. The van der Waals surface area contributed by atoms with Crippen LogP contribution in [0.4, 0.5) is 5.69 Å². The molecule has 102 valence electrons. The molecule has 0 spiro atoms. The summed E-state index contributed by atoms with van der Waals surface area (Å²) in [5.74, 6) is 0.109. The molecule has 0 unspecified atom stereocenters. The lowest BCUT2D eigenvalue weighted by Gasteiger charge is -2.21. The molecular formula is C16H22N2O. The fraction of sp³-hybridized carbons (Fsp3) is 0.438. The Morgan fingerprint density at radius 1 is 1.53 bits per heavy atom.